The van der Waals surface area contributed by atoms with E-state index in [0.29, 0.717) is 342 Å². The number of methoxy groups -OCH3 is 1. The van der Waals surface area contributed by atoms with Crippen molar-refractivity contribution >= 4 is 35.3 Å². The van der Waals surface area contributed by atoms with Crippen LogP contribution in [0.5, 0.6) is 0 Å². The average Bonchev–Trinajstić information content (AvgIpc) is 0.864. The Bertz CT molecular complexity index is 2160. The van der Waals surface area contributed by atoms with Crippen LogP contribution in [0, 0.1) is 5.92 Å². The Morgan fingerprint density at radius 2 is 0.615 bits per heavy atom. The lowest BCUT2D eigenvalue weighted by molar-refractivity contribution is -0.142. The number of carbonyl (C=O) groups is 5. The van der Waals surface area contributed by atoms with E-state index in [-0.39, 0.29) is 43.8 Å². The van der Waals surface area contributed by atoms with E-state index in [4.69, 9.17) is 118 Å². The Hall–Kier alpha value is -4.39. The fourth-order valence-corrected chi connectivity index (χ4v) is 8.78. The van der Waals surface area contributed by atoms with Crippen LogP contribution in [-0.4, -0.2) is 366 Å². The lowest BCUT2D eigenvalue weighted by atomic mass is 10.0. The number of rotatable bonds is 88. The van der Waals surface area contributed by atoms with Gasteiger partial charge in [0.05, 0.1) is 311 Å². The van der Waals surface area contributed by atoms with E-state index in [2.05, 4.69) is 21.3 Å². The molecule has 0 fully saturated rings. The summed E-state index contributed by atoms with van der Waals surface area (Å²) in [5.74, 6) is -1.90. The number of ether oxygens (including phenoxy) is 25. The van der Waals surface area contributed by atoms with Gasteiger partial charge in [-0.15, -0.1) is 0 Å². The SMILES string of the molecule is CCCCC(=O)N[C@H](C(=O)N[C@@H](CCCCNC(=O)CCOCCOCCOCCOCCOCCOCCOCCOCCOCCOCCOCCOCCOCCOCCOCCOCCOCCOCCOCCOCCOCCOCCOCCOC)C(=O)Nc1ccc(COC(C)=O)cc1)C(C)C. The number of esters is 1. The highest BCUT2D eigenvalue weighted by Crippen LogP contribution is 2.14. The second kappa shape index (κ2) is 83.0. The van der Waals surface area contributed by atoms with Crippen molar-refractivity contribution in [1.82, 2.24) is 16.0 Å². The molecule has 34 heteroatoms. The maximum absolute atomic E-state index is 13.5. The second-order valence-electron chi connectivity index (χ2n) is 24.1. The van der Waals surface area contributed by atoms with E-state index in [1.807, 2.05) is 20.8 Å². The van der Waals surface area contributed by atoms with Crippen molar-refractivity contribution in [2.75, 3.05) is 329 Å². The van der Waals surface area contributed by atoms with E-state index >= 15 is 0 Å². The minimum Gasteiger partial charge on any atom is -0.461 e. The predicted octanol–water partition coefficient (Wildman–Crippen LogP) is 3.21. The van der Waals surface area contributed by atoms with Crippen LogP contribution in [0.1, 0.15) is 78.2 Å². The molecule has 0 aliphatic rings. The largest absolute Gasteiger partial charge is 0.461 e. The zero-order chi connectivity index (χ0) is 78.7. The van der Waals surface area contributed by atoms with Crippen molar-refractivity contribution < 1.29 is 142 Å². The van der Waals surface area contributed by atoms with Gasteiger partial charge in [0.15, 0.2) is 0 Å². The fourth-order valence-electron chi connectivity index (χ4n) is 8.78. The second-order valence-corrected chi connectivity index (χ2v) is 24.1. The molecular weight excluding hydrogens is 1440 g/mol. The number of carbonyl (C=O) groups excluding carboxylic acids is 5. The minimum absolute atomic E-state index is 0.103. The summed E-state index contributed by atoms with van der Waals surface area (Å²) in [5.41, 5.74) is 1.24. The molecule has 4 amide bonds. The molecule has 638 valence electrons. The molecule has 0 saturated carbocycles. The lowest BCUT2D eigenvalue weighted by Crippen LogP contribution is -2.54. The van der Waals surface area contributed by atoms with Crippen molar-refractivity contribution in [2.24, 2.45) is 5.92 Å². The highest BCUT2D eigenvalue weighted by atomic mass is 16.6. The summed E-state index contributed by atoms with van der Waals surface area (Å²) in [4.78, 5) is 63.2. The topological polar surface area (TPSA) is 364 Å². The van der Waals surface area contributed by atoms with Crippen molar-refractivity contribution in [3.8, 4) is 0 Å². The van der Waals surface area contributed by atoms with Crippen LogP contribution in [0.25, 0.3) is 0 Å². The van der Waals surface area contributed by atoms with Crippen molar-refractivity contribution in [2.45, 2.75) is 91.3 Å². The molecule has 1 aromatic rings. The molecular formula is C75H138N4O30. The Labute approximate surface area is 647 Å². The molecule has 0 saturated heterocycles. The van der Waals surface area contributed by atoms with Crippen LogP contribution < -0.4 is 21.3 Å². The summed E-state index contributed by atoms with van der Waals surface area (Å²) in [6.07, 6.45) is 3.38. The molecule has 0 unspecified atom stereocenters. The minimum atomic E-state index is -0.913. The van der Waals surface area contributed by atoms with Gasteiger partial charge in [0.25, 0.3) is 0 Å². The first-order valence-electron chi connectivity index (χ1n) is 38.7. The standard InChI is InChI=1S/C75H138N4O30/c1-6-7-11-72(82)79-73(66(2)3)75(84)78-70(74(83)77-69-14-12-68(13-15-69)65-109-67(4)80)10-8-9-17-76-71(81)16-18-86-21-22-88-25-26-90-29-30-92-33-34-94-37-38-96-41-42-98-45-46-100-49-50-102-53-54-104-57-58-106-61-62-108-64-63-107-60-59-105-56-55-103-52-51-101-48-47-99-44-43-97-40-39-95-36-35-93-32-31-91-28-27-89-24-23-87-20-19-85-5/h12-15,66,70,73H,6-11,16-65H2,1-5H3,(H,76,81)(H,77,83)(H,78,84)(H,79,82)/t70-,73-/m0/s1. The maximum atomic E-state index is 13.5. The molecule has 34 nitrogen and oxygen atoms in total. The van der Waals surface area contributed by atoms with E-state index in [1.165, 1.54) is 6.92 Å². The third kappa shape index (κ3) is 74.8. The zero-order valence-electron chi connectivity index (χ0n) is 66.4. The molecule has 2 atom stereocenters. The quantitative estimate of drug-likeness (QED) is 0.0537. The molecule has 1 rings (SSSR count). The normalized spacial score (nSPS) is 12.1. The number of unbranched alkanes of at least 4 members (excludes halogenated alkanes) is 2. The average molecular weight is 1580 g/mol. The van der Waals surface area contributed by atoms with Gasteiger partial charge in [-0.3, -0.25) is 24.0 Å². The smallest absolute Gasteiger partial charge is 0.302 e. The van der Waals surface area contributed by atoms with E-state index in [1.54, 1.807) is 31.4 Å². The molecule has 0 aliphatic carbocycles. The van der Waals surface area contributed by atoms with Crippen LogP contribution in [-0.2, 0) is 149 Å². The van der Waals surface area contributed by atoms with Gasteiger partial charge in [-0.1, -0.05) is 39.3 Å². The Balaban J connectivity index is 1.78. The summed E-state index contributed by atoms with van der Waals surface area (Å²) < 4.78 is 137. The summed E-state index contributed by atoms with van der Waals surface area (Å²) in [5, 5.41) is 11.4. The van der Waals surface area contributed by atoms with Gasteiger partial charge in [-0.25, -0.2) is 0 Å². The van der Waals surface area contributed by atoms with Crippen LogP contribution in [0.2, 0.25) is 0 Å². The van der Waals surface area contributed by atoms with Crippen LogP contribution in [0.3, 0.4) is 0 Å². The van der Waals surface area contributed by atoms with E-state index in [9.17, 15) is 24.0 Å². The highest BCUT2D eigenvalue weighted by Gasteiger charge is 2.29. The molecule has 0 spiro atoms. The molecule has 0 aliphatic heterocycles. The van der Waals surface area contributed by atoms with Crippen LogP contribution in [0.15, 0.2) is 24.3 Å². The fraction of sp³-hybridized carbons (Fsp3) is 0.853. The summed E-state index contributed by atoms with van der Waals surface area (Å²) >= 11 is 0. The number of hydrogen-bond donors (Lipinski definition) is 4. The van der Waals surface area contributed by atoms with Crippen LogP contribution >= 0.6 is 0 Å². The third-order valence-corrected chi connectivity index (χ3v) is 14.7. The number of hydrogen-bond acceptors (Lipinski definition) is 30. The Morgan fingerprint density at radius 3 is 0.881 bits per heavy atom. The predicted molar refractivity (Wildman–Crippen MR) is 401 cm³/mol. The van der Waals surface area contributed by atoms with Gasteiger partial charge in [-0.05, 0) is 49.3 Å². The van der Waals surface area contributed by atoms with Gasteiger partial charge < -0.3 is 140 Å². The van der Waals surface area contributed by atoms with E-state index < -0.39 is 29.9 Å². The maximum Gasteiger partial charge on any atom is 0.302 e. The molecule has 0 bridgehead atoms. The first-order chi connectivity index (χ1) is 53.6. The summed E-state index contributed by atoms with van der Waals surface area (Å²) in [6, 6.07) is 5.09. The lowest BCUT2D eigenvalue weighted by Gasteiger charge is -2.25. The first kappa shape index (κ1) is 103. The van der Waals surface area contributed by atoms with Crippen LogP contribution in [0.4, 0.5) is 5.69 Å². The molecule has 109 heavy (non-hydrogen) atoms. The molecule has 0 heterocycles. The molecule has 4 N–H and O–H groups in total. The molecule has 0 radical (unpaired) electrons. The van der Waals surface area contributed by atoms with Crippen molar-refractivity contribution in [3.63, 3.8) is 0 Å². The Kier molecular flexibility index (Phi) is 78.2. The highest BCUT2D eigenvalue weighted by molar-refractivity contribution is 5.98. The van der Waals surface area contributed by atoms with Gasteiger partial charge >= 0.3 is 5.97 Å². The van der Waals surface area contributed by atoms with E-state index in [0.717, 1.165) is 12.0 Å². The van der Waals surface area contributed by atoms with Crippen molar-refractivity contribution in [3.05, 3.63) is 29.8 Å². The van der Waals surface area contributed by atoms with Gasteiger partial charge in [0.1, 0.15) is 18.7 Å². The monoisotopic (exact) mass is 1570 g/mol. The first-order valence-corrected chi connectivity index (χ1v) is 38.7. The number of anilines is 1. The summed E-state index contributed by atoms with van der Waals surface area (Å²) in [7, 11) is 1.64. The Morgan fingerprint density at radius 1 is 0.330 bits per heavy atom. The zero-order valence-corrected chi connectivity index (χ0v) is 66.4. The molecule has 1 aromatic carbocycles. The third-order valence-electron chi connectivity index (χ3n) is 14.7. The number of nitrogens with one attached hydrogen (secondary N) is 4. The number of amides is 4. The number of benzene rings is 1. The van der Waals surface area contributed by atoms with Crippen molar-refractivity contribution in [1.29, 1.82) is 0 Å². The van der Waals surface area contributed by atoms with Gasteiger partial charge in [-0.2, -0.15) is 0 Å². The summed E-state index contributed by atoms with van der Waals surface area (Å²) in [6.45, 7) is 29.3. The molecule has 0 aromatic heterocycles. The van der Waals surface area contributed by atoms with Gasteiger partial charge in [0, 0.05) is 39.1 Å². The van der Waals surface area contributed by atoms with Gasteiger partial charge in [0.2, 0.25) is 23.6 Å².